The molecule has 1 aromatic carbocycles. The minimum absolute atomic E-state index is 0.0293. The Morgan fingerprint density at radius 2 is 2.00 bits per heavy atom. The molecule has 1 fully saturated rings. The maximum Gasteiger partial charge on any atom is 0.262 e. The minimum atomic E-state index is -0.138. The van der Waals surface area contributed by atoms with Gasteiger partial charge in [0.2, 0.25) is 5.91 Å². The molecule has 1 amide bonds. The fourth-order valence-electron chi connectivity index (χ4n) is 4.62. The van der Waals surface area contributed by atoms with Crippen LogP contribution < -0.4 is 10.9 Å². The maximum absolute atomic E-state index is 13.3. The standard InChI is InChI=1S/C26H36N4O3S/c1-26(2,29-14-16-33-17-15-29)19-27-23(31)18-34-25-28-22-11-7-6-10-21(22)24(32)30(25)13-12-20-8-4-3-5-9-20/h6-8,10-11H,3-5,9,12-19H2,1-2H3,(H,27,31). The number of nitrogens with one attached hydrogen (secondary N) is 1. The lowest BCUT2D eigenvalue weighted by molar-refractivity contribution is -0.119. The monoisotopic (exact) mass is 484 g/mol. The molecule has 1 N–H and O–H groups in total. The number of amides is 1. The Hall–Kier alpha value is -2.16. The van der Waals surface area contributed by atoms with Crippen LogP contribution in [-0.2, 0) is 16.1 Å². The van der Waals surface area contributed by atoms with Gasteiger partial charge in [-0.05, 0) is 58.1 Å². The van der Waals surface area contributed by atoms with Crippen LogP contribution in [0.2, 0.25) is 0 Å². The molecule has 0 atom stereocenters. The van der Waals surface area contributed by atoms with Crippen molar-refractivity contribution in [2.45, 2.75) is 63.2 Å². The molecule has 2 aliphatic rings. The molecule has 0 saturated carbocycles. The number of benzene rings is 1. The van der Waals surface area contributed by atoms with E-state index in [1.165, 1.54) is 30.2 Å². The Morgan fingerprint density at radius 1 is 1.21 bits per heavy atom. The lowest BCUT2D eigenvalue weighted by Crippen LogP contribution is -2.55. The Labute approximate surface area is 205 Å². The minimum Gasteiger partial charge on any atom is -0.379 e. The summed E-state index contributed by atoms with van der Waals surface area (Å²) in [5, 5.41) is 4.32. The van der Waals surface area contributed by atoms with Gasteiger partial charge in [-0.15, -0.1) is 0 Å². The van der Waals surface area contributed by atoms with E-state index in [-0.39, 0.29) is 22.8 Å². The predicted molar refractivity (Wildman–Crippen MR) is 137 cm³/mol. The first-order chi connectivity index (χ1) is 16.4. The van der Waals surface area contributed by atoms with E-state index in [9.17, 15) is 9.59 Å². The average molecular weight is 485 g/mol. The number of allylic oxidation sites excluding steroid dienone is 2. The van der Waals surface area contributed by atoms with Crippen LogP contribution in [0.4, 0.5) is 0 Å². The molecule has 2 aromatic rings. The van der Waals surface area contributed by atoms with Crippen LogP contribution in [0.3, 0.4) is 0 Å². The third-order valence-corrected chi connectivity index (χ3v) is 7.76. The summed E-state index contributed by atoms with van der Waals surface area (Å²) in [5.41, 5.74) is 1.93. The van der Waals surface area contributed by atoms with Crippen LogP contribution in [0.15, 0.2) is 45.9 Å². The Bertz CT molecular complexity index is 1090. The van der Waals surface area contributed by atoms with Crippen LogP contribution in [0.1, 0.15) is 46.0 Å². The number of rotatable bonds is 9. The molecule has 1 aliphatic heterocycles. The Morgan fingerprint density at radius 3 is 2.76 bits per heavy atom. The first kappa shape index (κ1) is 24.9. The number of thioether (sulfide) groups is 1. The summed E-state index contributed by atoms with van der Waals surface area (Å²) < 4.78 is 7.20. The van der Waals surface area contributed by atoms with Gasteiger partial charge in [-0.3, -0.25) is 19.1 Å². The summed E-state index contributed by atoms with van der Waals surface area (Å²) >= 11 is 1.34. The normalized spacial score (nSPS) is 17.5. The number of morpholine rings is 1. The van der Waals surface area contributed by atoms with Crippen molar-refractivity contribution in [3.05, 3.63) is 46.3 Å². The molecule has 2 heterocycles. The van der Waals surface area contributed by atoms with Crippen molar-refractivity contribution in [2.75, 3.05) is 38.6 Å². The van der Waals surface area contributed by atoms with E-state index < -0.39 is 0 Å². The van der Waals surface area contributed by atoms with E-state index in [2.05, 4.69) is 30.1 Å². The average Bonchev–Trinajstić information content (AvgIpc) is 2.87. The highest BCUT2D eigenvalue weighted by Crippen LogP contribution is 2.23. The van der Waals surface area contributed by atoms with E-state index in [4.69, 9.17) is 9.72 Å². The van der Waals surface area contributed by atoms with E-state index in [0.717, 1.165) is 45.6 Å². The van der Waals surface area contributed by atoms with Crippen LogP contribution in [0.5, 0.6) is 0 Å². The second-order valence-corrected chi connectivity index (χ2v) is 10.6. The number of carbonyl (C=O) groups is 1. The molecule has 1 saturated heterocycles. The largest absolute Gasteiger partial charge is 0.379 e. The summed E-state index contributed by atoms with van der Waals surface area (Å²) in [6, 6.07) is 7.45. The van der Waals surface area contributed by atoms with Gasteiger partial charge in [0.15, 0.2) is 5.16 Å². The molecular weight excluding hydrogens is 448 g/mol. The van der Waals surface area contributed by atoms with Gasteiger partial charge in [-0.1, -0.05) is 35.5 Å². The third kappa shape index (κ3) is 6.29. The molecule has 184 valence electrons. The third-order valence-electron chi connectivity index (χ3n) is 6.79. The number of fused-ring (bicyclic) bond motifs is 1. The van der Waals surface area contributed by atoms with Gasteiger partial charge < -0.3 is 10.1 Å². The summed E-state index contributed by atoms with van der Waals surface area (Å²) in [6.45, 7) is 8.67. The van der Waals surface area contributed by atoms with Crippen molar-refractivity contribution in [3.63, 3.8) is 0 Å². The van der Waals surface area contributed by atoms with Crippen molar-refractivity contribution in [1.29, 1.82) is 0 Å². The molecular formula is C26H36N4O3S. The van der Waals surface area contributed by atoms with Crippen LogP contribution in [0.25, 0.3) is 10.9 Å². The number of carbonyl (C=O) groups excluding carboxylic acids is 1. The van der Waals surface area contributed by atoms with Crippen molar-refractivity contribution in [2.24, 2.45) is 0 Å². The van der Waals surface area contributed by atoms with Crippen LogP contribution >= 0.6 is 11.8 Å². The number of hydrogen-bond donors (Lipinski definition) is 1. The van der Waals surface area contributed by atoms with E-state index in [0.29, 0.717) is 29.1 Å². The highest BCUT2D eigenvalue weighted by Gasteiger charge is 2.28. The zero-order valence-corrected chi connectivity index (χ0v) is 21.2. The number of nitrogens with zero attached hydrogens (tertiary/aromatic N) is 3. The number of hydrogen-bond acceptors (Lipinski definition) is 6. The summed E-state index contributed by atoms with van der Waals surface area (Å²) in [5.74, 6) is 0.183. The maximum atomic E-state index is 13.3. The highest BCUT2D eigenvalue weighted by molar-refractivity contribution is 7.99. The SMILES string of the molecule is CC(C)(CNC(=O)CSc1nc2ccccc2c(=O)n1CCC1=CCCCC1)N1CCOCC1. The zero-order chi connectivity index (χ0) is 24.0. The van der Waals surface area contributed by atoms with Crippen molar-refractivity contribution >= 4 is 28.6 Å². The smallest absolute Gasteiger partial charge is 0.262 e. The molecule has 8 heteroatoms. The molecule has 0 unspecified atom stereocenters. The molecule has 4 rings (SSSR count). The summed E-state index contributed by atoms with van der Waals surface area (Å²) in [7, 11) is 0. The van der Waals surface area contributed by atoms with Crippen molar-refractivity contribution in [1.82, 2.24) is 19.8 Å². The fraction of sp³-hybridized carbons (Fsp3) is 0.577. The van der Waals surface area contributed by atoms with Gasteiger partial charge in [0, 0.05) is 31.7 Å². The van der Waals surface area contributed by atoms with Gasteiger partial charge in [0.1, 0.15) is 0 Å². The summed E-state index contributed by atoms with van der Waals surface area (Å²) in [6.07, 6.45) is 7.88. The summed E-state index contributed by atoms with van der Waals surface area (Å²) in [4.78, 5) is 33.1. The number of ether oxygens (including phenoxy) is 1. The molecule has 0 bridgehead atoms. The second-order valence-electron chi connectivity index (χ2n) is 9.70. The zero-order valence-electron chi connectivity index (χ0n) is 20.3. The van der Waals surface area contributed by atoms with Crippen molar-refractivity contribution in [3.8, 4) is 0 Å². The predicted octanol–water partition coefficient (Wildman–Crippen LogP) is 3.61. The van der Waals surface area contributed by atoms with Gasteiger partial charge >= 0.3 is 0 Å². The number of aromatic nitrogens is 2. The van der Waals surface area contributed by atoms with Gasteiger partial charge in [-0.25, -0.2) is 4.98 Å². The molecule has 7 nitrogen and oxygen atoms in total. The lowest BCUT2D eigenvalue weighted by Gasteiger charge is -2.40. The Balaban J connectivity index is 1.43. The van der Waals surface area contributed by atoms with Gasteiger partial charge in [0.05, 0.1) is 29.9 Å². The van der Waals surface area contributed by atoms with Crippen LogP contribution in [0, 0.1) is 0 Å². The van der Waals surface area contributed by atoms with Gasteiger partial charge in [-0.2, -0.15) is 0 Å². The Kier molecular flexibility index (Phi) is 8.45. The molecule has 1 aromatic heterocycles. The van der Waals surface area contributed by atoms with E-state index >= 15 is 0 Å². The molecule has 0 spiro atoms. The van der Waals surface area contributed by atoms with Crippen LogP contribution in [-0.4, -0.2) is 64.5 Å². The van der Waals surface area contributed by atoms with E-state index in [1.807, 2.05) is 24.3 Å². The second kappa shape index (κ2) is 11.5. The number of para-hydroxylation sites is 1. The van der Waals surface area contributed by atoms with Crippen molar-refractivity contribution < 1.29 is 9.53 Å². The lowest BCUT2D eigenvalue weighted by atomic mass is 9.97. The molecule has 34 heavy (non-hydrogen) atoms. The first-order valence-corrected chi connectivity index (χ1v) is 13.3. The van der Waals surface area contributed by atoms with E-state index in [1.54, 1.807) is 4.57 Å². The topological polar surface area (TPSA) is 76.5 Å². The first-order valence-electron chi connectivity index (χ1n) is 12.3. The molecule has 0 radical (unpaired) electrons. The quantitative estimate of drug-likeness (QED) is 0.333. The fourth-order valence-corrected chi connectivity index (χ4v) is 5.47. The highest BCUT2D eigenvalue weighted by atomic mass is 32.2. The molecule has 1 aliphatic carbocycles. The van der Waals surface area contributed by atoms with Gasteiger partial charge in [0.25, 0.3) is 5.56 Å².